The molecule has 0 atom stereocenters. The molecule has 0 unspecified atom stereocenters. The molecule has 1 N–H and O–H groups in total. The number of hydrogen-bond donors (Lipinski definition) is 1. The summed E-state index contributed by atoms with van der Waals surface area (Å²) in [5.41, 5.74) is 2.57. The largest absolute Gasteiger partial charge is 0.314 e. The highest BCUT2D eigenvalue weighted by Crippen LogP contribution is 2.20. The molecule has 15 heavy (non-hydrogen) atoms. The Morgan fingerprint density at radius 2 is 2.07 bits per heavy atom. The van der Waals surface area contributed by atoms with Gasteiger partial charge in [0.2, 0.25) is 0 Å². The lowest BCUT2D eigenvalue weighted by atomic mass is 10.2. The first-order chi connectivity index (χ1) is 7.18. The molecule has 0 saturated carbocycles. The van der Waals surface area contributed by atoms with Gasteiger partial charge in [-0.15, -0.1) is 0 Å². The van der Waals surface area contributed by atoms with Gasteiger partial charge in [0.1, 0.15) is 4.60 Å². The summed E-state index contributed by atoms with van der Waals surface area (Å²) >= 11 is 3.52. The van der Waals surface area contributed by atoms with E-state index in [0.29, 0.717) is 0 Å². The lowest BCUT2D eigenvalue weighted by molar-refractivity contribution is 0.232. The lowest BCUT2D eigenvalue weighted by Gasteiger charge is -2.27. The highest BCUT2D eigenvalue weighted by molar-refractivity contribution is 9.10. The number of nitrogens with zero attached hydrogens (tertiary/aromatic N) is 3. The van der Waals surface area contributed by atoms with E-state index in [1.807, 2.05) is 11.7 Å². The molecule has 1 aromatic rings. The number of hydrogen-bond acceptors (Lipinski definition) is 3. The van der Waals surface area contributed by atoms with E-state index in [9.17, 15) is 0 Å². The maximum absolute atomic E-state index is 4.37. The van der Waals surface area contributed by atoms with Crippen molar-refractivity contribution in [1.29, 1.82) is 0 Å². The molecule has 84 valence electrons. The molecule has 0 aliphatic carbocycles. The van der Waals surface area contributed by atoms with Crippen molar-refractivity contribution in [3.63, 3.8) is 0 Å². The first-order valence-corrected chi connectivity index (χ1v) is 6.09. The Morgan fingerprint density at radius 3 is 2.60 bits per heavy atom. The summed E-state index contributed by atoms with van der Waals surface area (Å²) in [7, 11) is 1.99. The van der Waals surface area contributed by atoms with Gasteiger partial charge < -0.3 is 5.32 Å². The summed E-state index contributed by atoms with van der Waals surface area (Å²) in [5, 5.41) is 7.73. The van der Waals surface area contributed by atoms with Crippen LogP contribution in [-0.4, -0.2) is 40.9 Å². The van der Waals surface area contributed by atoms with Crippen LogP contribution in [0.4, 0.5) is 0 Å². The van der Waals surface area contributed by atoms with Crippen molar-refractivity contribution in [2.24, 2.45) is 7.05 Å². The van der Waals surface area contributed by atoms with Crippen LogP contribution in [0.25, 0.3) is 0 Å². The van der Waals surface area contributed by atoms with Crippen LogP contribution >= 0.6 is 15.9 Å². The second-order valence-corrected chi connectivity index (χ2v) is 4.76. The Morgan fingerprint density at radius 1 is 1.40 bits per heavy atom. The van der Waals surface area contributed by atoms with Gasteiger partial charge in [-0.3, -0.25) is 9.58 Å². The number of aromatic nitrogens is 2. The number of rotatable bonds is 2. The quantitative estimate of drug-likeness (QED) is 0.869. The fourth-order valence-corrected chi connectivity index (χ4v) is 2.53. The van der Waals surface area contributed by atoms with Crippen molar-refractivity contribution in [2.45, 2.75) is 13.5 Å². The van der Waals surface area contributed by atoms with Crippen LogP contribution in [0.5, 0.6) is 0 Å². The number of halogens is 1. The van der Waals surface area contributed by atoms with Crippen LogP contribution in [0.2, 0.25) is 0 Å². The Bertz CT molecular complexity index is 341. The molecule has 0 amide bonds. The average molecular weight is 273 g/mol. The van der Waals surface area contributed by atoms with E-state index in [2.05, 4.69) is 38.2 Å². The van der Waals surface area contributed by atoms with E-state index in [0.717, 1.165) is 37.3 Å². The Labute approximate surface area is 98.8 Å². The minimum absolute atomic E-state index is 0.987. The molecule has 2 heterocycles. The second kappa shape index (κ2) is 4.63. The average Bonchev–Trinajstić information content (AvgIpc) is 2.47. The minimum Gasteiger partial charge on any atom is -0.314 e. The molecule has 2 rings (SSSR count). The van der Waals surface area contributed by atoms with E-state index < -0.39 is 0 Å². The van der Waals surface area contributed by atoms with Crippen LogP contribution in [0.3, 0.4) is 0 Å². The first-order valence-electron chi connectivity index (χ1n) is 5.29. The predicted molar refractivity (Wildman–Crippen MR) is 63.8 cm³/mol. The summed E-state index contributed by atoms with van der Waals surface area (Å²) in [6, 6.07) is 0. The van der Waals surface area contributed by atoms with Gasteiger partial charge in [0.05, 0.1) is 0 Å². The Kier molecular flexibility index (Phi) is 3.43. The monoisotopic (exact) mass is 272 g/mol. The van der Waals surface area contributed by atoms with Crippen molar-refractivity contribution in [2.75, 3.05) is 26.2 Å². The van der Waals surface area contributed by atoms with Gasteiger partial charge in [-0.25, -0.2) is 0 Å². The summed E-state index contributed by atoms with van der Waals surface area (Å²) in [5.74, 6) is 0. The van der Waals surface area contributed by atoms with Crippen LogP contribution in [0, 0.1) is 6.92 Å². The van der Waals surface area contributed by atoms with Crippen molar-refractivity contribution < 1.29 is 0 Å². The molecule has 4 nitrogen and oxygen atoms in total. The fraction of sp³-hybridized carbons (Fsp3) is 0.700. The number of piperazine rings is 1. The highest BCUT2D eigenvalue weighted by atomic mass is 79.9. The highest BCUT2D eigenvalue weighted by Gasteiger charge is 2.16. The topological polar surface area (TPSA) is 33.1 Å². The zero-order valence-corrected chi connectivity index (χ0v) is 10.8. The van der Waals surface area contributed by atoms with Crippen molar-refractivity contribution in [1.82, 2.24) is 20.0 Å². The summed E-state index contributed by atoms with van der Waals surface area (Å²) in [4.78, 5) is 2.46. The lowest BCUT2D eigenvalue weighted by Crippen LogP contribution is -2.43. The van der Waals surface area contributed by atoms with E-state index in [1.54, 1.807) is 0 Å². The van der Waals surface area contributed by atoms with Crippen molar-refractivity contribution >= 4 is 15.9 Å². The third-order valence-electron chi connectivity index (χ3n) is 3.00. The van der Waals surface area contributed by atoms with Crippen molar-refractivity contribution in [3.8, 4) is 0 Å². The third-order valence-corrected chi connectivity index (χ3v) is 3.64. The van der Waals surface area contributed by atoms with Crippen molar-refractivity contribution in [3.05, 3.63) is 15.9 Å². The standard InChI is InChI=1S/C10H17BrN4/c1-8-9(10(11)13-14(8)2)7-15-5-3-12-4-6-15/h12H,3-7H2,1-2H3. The maximum Gasteiger partial charge on any atom is 0.132 e. The molecular weight excluding hydrogens is 256 g/mol. The maximum atomic E-state index is 4.37. The first kappa shape index (κ1) is 11.1. The van der Waals surface area contributed by atoms with E-state index >= 15 is 0 Å². The summed E-state index contributed by atoms with van der Waals surface area (Å²) in [6.07, 6.45) is 0. The Balaban J connectivity index is 2.09. The van der Waals surface area contributed by atoms with Gasteiger partial charge in [-0.05, 0) is 22.9 Å². The van der Waals surface area contributed by atoms with Gasteiger partial charge in [0.15, 0.2) is 0 Å². The minimum atomic E-state index is 0.987. The molecule has 1 fully saturated rings. The molecule has 0 bridgehead atoms. The third kappa shape index (κ3) is 2.41. The van der Waals surface area contributed by atoms with Gasteiger partial charge in [-0.2, -0.15) is 5.10 Å². The van der Waals surface area contributed by atoms with Gasteiger partial charge >= 0.3 is 0 Å². The Hall–Kier alpha value is -0.390. The molecular formula is C10H17BrN4. The fourth-order valence-electron chi connectivity index (χ4n) is 1.88. The molecule has 1 aliphatic rings. The normalized spacial score (nSPS) is 18.3. The smallest absolute Gasteiger partial charge is 0.132 e. The molecule has 0 radical (unpaired) electrons. The zero-order valence-electron chi connectivity index (χ0n) is 9.26. The van der Waals surface area contributed by atoms with E-state index in [1.165, 1.54) is 11.3 Å². The van der Waals surface area contributed by atoms with Crippen LogP contribution in [0.1, 0.15) is 11.3 Å². The molecule has 1 aromatic heterocycles. The second-order valence-electron chi connectivity index (χ2n) is 4.00. The van der Waals surface area contributed by atoms with Gasteiger partial charge in [0.25, 0.3) is 0 Å². The van der Waals surface area contributed by atoms with E-state index in [-0.39, 0.29) is 0 Å². The van der Waals surface area contributed by atoms with Crippen LogP contribution in [0.15, 0.2) is 4.60 Å². The van der Waals surface area contributed by atoms with Crippen LogP contribution in [-0.2, 0) is 13.6 Å². The van der Waals surface area contributed by atoms with Crippen LogP contribution < -0.4 is 5.32 Å². The van der Waals surface area contributed by atoms with Gasteiger partial charge in [-0.1, -0.05) is 0 Å². The zero-order chi connectivity index (χ0) is 10.8. The summed E-state index contributed by atoms with van der Waals surface area (Å²) in [6.45, 7) is 7.56. The summed E-state index contributed by atoms with van der Waals surface area (Å²) < 4.78 is 2.92. The number of nitrogens with one attached hydrogen (secondary N) is 1. The SMILES string of the molecule is Cc1c(CN2CCNCC2)c(Br)nn1C. The molecule has 1 aliphatic heterocycles. The van der Waals surface area contributed by atoms with Gasteiger partial charge in [0, 0.05) is 51.0 Å². The predicted octanol–water partition coefficient (Wildman–Crippen LogP) is 0.896. The molecule has 0 aromatic carbocycles. The molecule has 0 spiro atoms. The van der Waals surface area contributed by atoms with E-state index in [4.69, 9.17) is 0 Å². The molecule has 1 saturated heterocycles. The number of aryl methyl sites for hydroxylation is 1. The molecule has 5 heteroatoms.